The van der Waals surface area contributed by atoms with Gasteiger partial charge in [0.15, 0.2) is 0 Å². The Labute approximate surface area is 128 Å². The third-order valence-electron chi connectivity index (χ3n) is 2.84. The van der Waals surface area contributed by atoms with Gasteiger partial charge in [0, 0.05) is 11.3 Å². The van der Waals surface area contributed by atoms with Crippen LogP contribution in [0.4, 0.5) is 4.79 Å². The number of hydrogen-bond acceptors (Lipinski definition) is 3. The maximum atomic E-state index is 11.2. The van der Waals surface area contributed by atoms with E-state index in [2.05, 4.69) is 12.7 Å². The zero-order valence-corrected chi connectivity index (χ0v) is 14.3. The molecule has 0 bridgehead atoms. The summed E-state index contributed by atoms with van der Waals surface area (Å²) in [5.74, 6) is 2.02. The largest absolute Gasteiger partial charge is 0.530 e. The van der Waals surface area contributed by atoms with Crippen LogP contribution in [0.25, 0.3) is 0 Å². The first-order chi connectivity index (χ1) is 9.30. The normalized spacial score (nSPS) is 10.8. The van der Waals surface area contributed by atoms with E-state index in [1.54, 1.807) is 6.92 Å². The molecule has 0 aromatic rings. The molecule has 0 fully saturated rings. The van der Waals surface area contributed by atoms with Crippen LogP contribution < -0.4 is 5.11 Å². The second-order valence-electron chi connectivity index (χ2n) is 5.84. The topological polar surface area (TPSA) is 43.4 Å². The van der Waals surface area contributed by atoms with Crippen molar-refractivity contribution < 1.29 is 9.90 Å². The average molecular weight is 298 g/mol. The van der Waals surface area contributed by atoms with Crippen LogP contribution in [0.15, 0.2) is 17.5 Å². The van der Waals surface area contributed by atoms with Crippen molar-refractivity contribution in [3.8, 4) is 0 Å². The van der Waals surface area contributed by atoms with Crippen molar-refractivity contribution in [2.45, 2.75) is 65.8 Å². The van der Waals surface area contributed by atoms with E-state index >= 15 is 0 Å². The fourth-order valence-electron chi connectivity index (χ4n) is 1.94. The van der Waals surface area contributed by atoms with Gasteiger partial charge in [-0.05, 0) is 45.9 Å². The molecule has 0 N–H and O–H groups in total. The van der Waals surface area contributed by atoms with Gasteiger partial charge in [0.1, 0.15) is 6.09 Å². The average Bonchev–Trinajstić information content (AvgIpc) is 2.30. The van der Waals surface area contributed by atoms with E-state index in [-0.39, 0.29) is 0 Å². The summed E-state index contributed by atoms with van der Waals surface area (Å²) in [5, 5.41) is 11.2. The SMILES string of the molecule is CCCCCCSCC=C=C(C)N(C(=O)[O-])C(C)(C)C. The predicted molar refractivity (Wildman–Crippen MR) is 85.7 cm³/mol. The van der Waals surface area contributed by atoms with Crippen LogP contribution in [0.5, 0.6) is 0 Å². The Hall–Kier alpha value is -0.860. The molecule has 0 aromatic carbocycles. The molecule has 0 aliphatic carbocycles. The van der Waals surface area contributed by atoms with Gasteiger partial charge in [0.05, 0.1) is 5.70 Å². The maximum absolute atomic E-state index is 11.2. The third-order valence-corrected chi connectivity index (χ3v) is 3.82. The van der Waals surface area contributed by atoms with Crippen LogP contribution in [0.2, 0.25) is 0 Å². The Balaban J connectivity index is 4.27. The van der Waals surface area contributed by atoms with Gasteiger partial charge in [-0.15, -0.1) is 5.73 Å². The number of thioether (sulfide) groups is 1. The first kappa shape index (κ1) is 19.1. The molecular weight excluding hydrogens is 270 g/mol. The molecule has 0 aliphatic heterocycles. The smallest absolute Gasteiger partial charge is 0.142 e. The van der Waals surface area contributed by atoms with Gasteiger partial charge in [0.25, 0.3) is 0 Å². The summed E-state index contributed by atoms with van der Waals surface area (Å²) in [4.78, 5) is 12.4. The number of amides is 1. The molecule has 116 valence electrons. The lowest BCUT2D eigenvalue weighted by Gasteiger charge is -2.37. The molecule has 0 rings (SSSR count). The highest BCUT2D eigenvalue weighted by atomic mass is 32.2. The van der Waals surface area contributed by atoms with E-state index in [9.17, 15) is 9.90 Å². The van der Waals surface area contributed by atoms with Gasteiger partial charge in [-0.1, -0.05) is 26.2 Å². The molecular formula is C16H28NO2S-. The molecule has 0 saturated heterocycles. The van der Waals surface area contributed by atoms with Crippen LogP contribution in [0.3, 0.4) is 0 Å². The van der Waals surface area contributed by atoms with Gasteiger partial charge in [-0.25, -0.2) is 0 Å². The van der Waals surface area contributed by atoms with Crippen molar-refractivity contribution in [1.82, 2.24) is 4.90 Å². The molecule has 1 amide bonds. The first-order valence-corrected chi connectivity index (χ1v) is 8.47. The second-order valence-corrected chi connectivity index (χ2v) is 6.99. The van der Waals surface area contributed by atoms with Gasteiger partial charge >= 0.3 is 0 Å². The molecule has 20 heavy (non-hydrogen) atoms. The minimum Gasteiger partial charge on any atom is -0.530 e. The van der Waals surface area contributed by atoms with Crippen molar-refractivity contribution >= 4 is 17.9 Å². The van der Waals surface area contributed by atoms with Crippen LogP contribution in [-0.2, 0) is 0 Å². The van der Waals surface area contributed by atoms with E-state index in [0.29, 0.717) is 5.70 Å². The van der Waals surface area contributed by atoms with Crippen molar-refractivity contribution in [1.29, 1.82) is 0 Å². The fraction of sp³-hybridized carbons (Fsp3) is 0.750. The van der Waals surface area contributed by atoms with Crippen LogP contribution in [0, 0.1) is 0 Å². The predicted octanol–water partition coefficient (Wildman–Crippen LogP) is 3.80. The monoisotopic (exact) mass is 298 g/mol. The number of hydrogen-bond donors (Lipinski definition) is 0. The summed E-state index contributed by atoms with van der Waals surface area (Å²) < 4.78 is 0. The van der Waals surface area contributed by atoms with Gasteiger partial charge in [0.2, 0.25) is 0 Å². The number of rotatable bonds is 8. The number of nitrogens with zero attached hydrogens (tertiary/aromatic N) is 1. The van der Waals surface area contributed by atoms with Crippen molar-refractivity contribution in [2.24, 2.45) is 0 Å². The summed E-state index contributed by atoms with van der Waals surface area (Å²) in [7, 11) is 0. The molecule has 0 aliphatic rings. The quantitative estimate of drug-likeness (QED) is 0.505. The number of carboxylic acid groups (broad SMARTS) is 1. The van der Waals surface area contributed by atoms with Crippen LogP contribution >= 0.6 is 11.8 Å². The minimum absolute atomic E-state index is 0.503. The maximum Gasteiger partial charge on any atom is 0.142 e. The summed E-state index contributed by atoms with van der Waals surface area (Å²) in [6.45, 7) is 9.49. The van der Waals surface area contributed by atoms with Crippen LogP contribution in [-0.4, -0.2) is 28.0 Å². The summed E-state index contributed by atoms with van der Waals surface area (Å²) in [6.07, 6.45) is 5.84. The Bertz CT molecular complexity index is 352. The van der Waals surface area contributed by atoms with Gasteiger partial charge in [-0.2, -0.15) is 11.8 Å². The fourth-order valence-corrected chi connectivity index (χ4v) is 2.72. The lowest BCUT2D eigenvalue weighted by molar-refractivity contribution is -0.267. The Morgan fingerprint density at radius 1 is 1.30 bits per heavy atom. The molecule has 0 aromatic heterocycles. The van der Waals surface area contributed by atoms with E-state index in [0.717, 1.165) is 11.5 Å². The van der Waals surface area contributed by atoms with E-state index in [1.165, 1.54) is 30.6 Å². The van der Waals surface area contributed by atoms with E-state index in [4.69, 9.17) is 0 Å². The number of carbonyl (C=O) groups is 1. The van der Waals surface area contributed by atoms with E-state index in [1.807, 2.05) is 38.6 Å². The van der Waals surface area contributed by atoms with E-state index < -0.39 is 11.6 Å². The number of carbonyl (C=O) groups excluding carboxylic acids is 1. The zero-order chi connectivity index (χ0) is 15.6. The summed E-state index contributed by atoms with van der Waals surface area (Å²) >= 11 is 1.86. The molecule has 0 atom stereocenters. The Kier molecular flexibility index (Phi) is 9.52. The third kappa shape index (κ3) is 8.34. The lowest BCUT2D eigenvalue weighted by Crippen LogP contribution is -2.50. The van der Waals surface area contributed by atoms with Gasteiger partial charge < -0.3 is 14.8 Å². The molecule has 0 spiro atoms. The Morgan fingerprint density at radius 2 is 1.95 bits per heavy atom. The lowest BCUT2D eigenvalue weighted by atomic mass is 10.1. The van der Waals surface area contributed by atoms with Gasteiger partial charge in [-0.3, -0.25) is 0 Å². The van der Waals surface area contributed by atoms with Crippen molar-refractivity contribution in [2.75, 3.05) is 11.5 Å². The first-order valence-electron chi connectivity index (χ1n) is 7.31. The minimum atomic E-state index is -1.18. The highest BCUT2D eigenvalue weighted by molar-refractivity contribution is 7.99. The summed E-state index contributed by atoms with van der Waals surface area (Å²) in [6, 6.07) is 0. The standard InChI is InChI=1S/C16H29NO2S/c1-6-7-8-9-12-20-13-10-11-14(2)17(15(18)19)16(3,4)5/h10H,6-9,12-13H2,1-5H3,(H,18,19)/p-1. The van der Waals surface area contributed by atoms with Crippen molar-refractivity contribution in [3.63, 3.8) is 0 Å². The highest BCUT2D eigenvalue weighted by Crippen LogP contribution is 2.18. The van der Waals surface area contributed by atoms with Crippen LogP contribution in [0.1, 0.15) is 60.3 Å². The highest BCUT2D eigenvalue weighted by Gasteiger charge is 2.22. The molecule has 0 radical (unpaired) electrons. The molecule has 0 heterocycles. The zero-order valence-electron chi connectivity index (χ0n) is 13.5. The molecule has 0 unspecified atom stereocenters. The summed E-state index contributed by atoms with van der Waals surface area (Å²) in [5.41, 5.74) is 3.13. The number of unbranched alkanes of at least 4 members (excludes halogenated alkanes) is 3. The molecule has 3 nitrogen and oxygen atoms in total. The molecule has 4 heteroatoms. The second kappa shape index (κ2) is 9.95. The van der Waals surface area contributed by atoms with Crippen molar-refractivity contribution in [3.05, 3.63) is 17.5 Å². The Morgan fingerprint density at radius 3 is 2.45 bits per heavy atom. The molecule has 0 saturated carbocycles.